The van der Waals surface area contributed by atoms with Gasteiger partial charge in [0.05, 0.1) is 12.4 Å². The van der Waals surface area contributed by atoms with Gasteiger partial charge in [-0.05, 0) is 38.2 Å². The summed E-state index contributed by atoms with van der Waals surface area (Å²) in [6.45, 7) is 5.33. The molecule has 6 nitrogen and oxygen atoms in total. The van der Waals surface area contributed by atoms with Crippen molar-refractivity contribution in [3.63, 3.8) is 0 Å². The minimum atomic E-state index is -3.12. The van der Waals surface area contributed by atoms with E-state index in [2.05, 4.69) is 9.97 Å². The van der Waals surface area contributed by atoms with Crippen molar-refractivity contribution in [1.29, 1.82) is 0 Å². The Morgan fingerprint density at radius 2 is 2.14 bits per heavy atom. The number of nitrogens with zero attached hydrogens (tertiary/aromatic N) is 3. The molecule has 1 aromatic heterocycles. The van der Waals surface area contributed by atoms with Crippen molar-refractivity contribution in [2.75, 3.05) is 25.4 Å². The van der Waals surface area contributed by atoms with E-state index in [1.807, 2.05) is 6.92 Å². The first-order valence-electron chi connectivity index (χ1n) is 7.84. The Bertz CT molecular complexity index is 632. The first kappa shape index (κ1) is 15.7. The second kappa shape index (κ2) is 5.77. The van der Waals surface area contributed by atoms with E-state index in [0.717, 1.165) is 24.8 Å². The molecule has 0 radical (unpaired) electrons. The van der Waals surface area contributed by atoms with Gasteiger partial charge < -0.3 is 4.74 Å². The minimum absolute atomic E-state index is 0.0729. The SMILES string of the molecule is CCS(=O)(=O)N1CC2CCCC2(COc2ncc(C)cn2)C1. The van der Waals surface area contributed by atoms with Crippen LogP contribution in [-0.4, -0.2) is 48.1 Å². The molecule has 0 bridgehead atoms. The molecule has 2 fully saturated rings. The zero-order valence-corrected chi connectivity index (χ0v) is 14.0. The fraction of sp³-hybridized carbons (Fsp3) is 0.733. The van der Waals surface area contributed by atoms with Gasteiger partial charge in [0, 0.05) is 30.9 Å². The van der Waals surface area contributed by atoms with E-state index in [1.54, 1.807) is 23.6 Å². The number of rotatable bonds is 5. The van der Waals surface area contributed by atoms with Crippen LogP contribution in [0.15, 0.2) is 12.4 Å². The predicted molar refractivity (Wildman–Crippen MR) is 83.1 cm³/mol. The highest BCUT2D eigenvalue weighted by Crippen LogP contribution is 2.49. The van der Waals surface area contributed by atoms with Gasteiger partial charge in [-0.2, -0.15) is 0 Å². The molecule has 1 saturated heterocycles. The third-order valence-electron chi connectivity index (χ3n) is 5.01. The molecule has 0 N–H and O–H groups in total. The van der Waals surface area contributed by atoms with Crippen molar-refractivity contribution in [2.45, 2.75) is 33.1 Å². The van der Waals surface area contributed by atoms with E-state index in [0.29, 0.717) is 31.6 Å². The average molecular weight is 325 g/mol. The van der Waals surface area contributed by atoms with Crippen LogP contribution in [0.5, 0.6) is 6.01 Å². The molecule has 1 saturated carbocycles. The van der Waals surface area contributed by atoms with E-state index in [9.17, 15) is 8.42 Å². The molecule has 1 aromatic rings. The Balaban J connectivity index is 1.72. The molecule has 1 aliphatic carbocycles. The van der Waals surface area contributed by atoms with Gasteiger partial charge in [0.2, 0.25) is 10.0 Å². The molecule has 2 heterocycles. The second-order valence-corrected chi connectivity index (χ2v) is 8.73. The fourth-order valence-electron chi connectivity index (χ4n) is 3.66. The Labute approximate surface area is 132 Å². The standard InChI is InChI=1S/C15H23N3O3S/c1-3-22(19,20)18-9-13-5-4-6-15(13,10-18)11-21-14-16-7-12(2)8-17-14/h7-8,13H,3-6,9-11H2,1-2H3. The number of hydrogen-bond donors (Lipinski definition) is 0. The molecule has 7 heteroatoms. The lowest BCUT2D eigenvalue weighted by Crippen LogP contribution is -2.36. The number of hydrogen-bond acceptors (Lipinski definition) is 5. The zero-order chi connectivity index (χ0) is 15.8. The minimum Gasteiger partial charge on any atom is -0.463 e. The van der Waals surface area contributed by atoms with E-state index >= 15 is 0 Å². The topological polar surface area (TPSA) is 72.4 Å². The number of aryl methyl sites for hydroxylation is 1. The van der Waals surface area contributed by atoms with Crippen molar-refractivity contribution >= 4 is 10.0 Å². The van der Waals surface area contributed by atoms with Crippen molar-refractivity contribution < 1.29 is 13.2 Å². The maximum absolute atomic E-state index is 12.1. The lowest BCUT2D eigenvalue weighted by atomic mass is 9.82. The van der Waals surface area contributed by atoms with Gasteiger partial charge in [0.25, 0.3) is 0 Å². The van der Waals surface area contributed by atoms with Gasteiger partial charge in [-0.3, -0.25) is 0 Å². The molecule has 22 heavy (non-hydrogen) atoms. The van der Waals surface area contributed by atoms with Crippen LogP contribution in [0.25, 0.3) is 0 Å². The van der Waals surface area contributed by atoms with Gasteiger partial charge in [0.1, 0.15) is 0 Å². The molecule has 1 aliphatic heterocycles. The summed E-state index contributed by atoms with van der Waals surface area (Å²) in [5.74, 6) is 0.553. The van der Waals surface area contributed by atoms with Crippen LogP contribution in [0.3, 0.4) is 0 Å². The Kier molecular flexibility index (Phi) is 4.11. The predicted octanol–water partition coefficient (Wildman–Crippen LogP) is 1.62. The van der Waals surface area contributed by atoms with E-state index in [-0.39, 0.29) is 11.2 Å². The lowest BCUT2D eigenvalue weighted by molar-refractivity contribution is 0.126. The normalized spacial score (nSPS) is 28.7. The maximum atomic E-state index is 12.1. The summed E-state index contributed by atoms with van der Waals surface area (Å²) >= 11 is 0. The van der Waals surface area contributed by atoms with Crippen LogP contribution in [0, 0.1) is 18.3 Å². The summed E-state index contributed by atoms with van der Waals surface area (Å²) < 4.78 is 31.7. The van der Waals surface area contributed by atoms with Gasteiger partial charge >= 0.3 is 6.01 Å². The largest absolute Gasteiger partial charge is 0.463 e. The van der Waals surface area contributed by atoms with Crippen LogP contribution >= 0.6 is 0 Å². The summed E-state index contributed by atoms with van der Waals surface area (Å²) in [6.07, 6.45) is 6.69. The molecule has 2 atom stereocenters. The molecule has 0 spiro atoms. The first-order chi connectivity index (χ1) is 10.5. The summed E-state index contributed by atoms with van der Waals surface area (Å²) in [5.41, 5.74) is 0.918. The van der Waals surface area contributed by atoms with E-state index in [4.69, 9.17) is 4.74 Å². The van der Waals surface area contributed by atoms with Crippen LogP contribution in [-0.2, 0) is 10.0 Å². The maximum Gasteiger partial charge on any atom is 0.316 e. The molecular weight excluding hydrogens is 302 g/mol. The smallest absolute Gasteiger partial charge is 0.316 e. The Morgan fingerprint density at radius 1 is 1.41 bits per heavy atom. The highest BCUT2D eigenvalue weighted by molar-refractivity contribution is 7.89. The summed E-state index contributed by atoms with van der Waals surface area (Å²) in [6, 6.07) is 0.377. The fourth-order valence-corrected chi connectivity index (χ4v) is 4.89. The van der Waals surface area contributed by atoms with E-state index < -0.39 is 10.0 Å². The summed E-state index contributed by atoms with van der Waals surface area (Å²) in [4.78, 5) is 8.34. The van der Waals surface area contributed by atoms with Gasteiger partial charge in [-0.25, -0.2) is 22.7 Å². The van der Waals surface area contributed by atoms with Gasteiger partial charge in [0.15, 0.2) is 0 Å². The summed E-state index contributed by atoms with van der Waals surface area (Å²) in [7, 11) is -3.12. The van der Waals surface area contributed by atoms with Crippen molar-refractivity contribution in [3.05, 3.63) is 18.0 Å². The Hall–Kier alpha value is -1.21. The number of fused-ring (bicyclic) bond motifs is 1. The second-order valence-electron chi connectivity index (χ2n) is 6.48. The third-order valence-corrected chi connectivity index (χ3v) is 6.81. The molecule has 2 unspecified atom stereocenters. The monoisotopic (exact) mass is 325 g/mol. The lowest BCUT2D eigenvalue weighted by Gasteiger charge is -2.28. The zero-order valence-electron chi connectivity index (χ0n) is 13.2. The molecule has 2 aliphatic rings. The van der Waals surface area contributed by atoms with Crippen LogP contribution in [0.4, 0.5) is 0 Å². The highest BCUT2D eigenvalue weighted by Gasteiger charge is 2.52. The number of ether oxygens (including phenoxy) is 1. The first-order valence-corrected chi connectivity index (χ1v) is 9.45. The molecule has 3 rings (SSSR count). The van der Waals surface area contributed by atoms with Crippen LogP contribution in [0.2, 0.25) is 0 Å². The summed E-state index contributed by atoms with van der Waals surface area (Å²) in [5, 5.41) is 0. The van der Waals surface area contributed by atoms with Crippen molar-refractivity contribution in [1.82, 2.24) is 14.3 Å². The molecule has 122 valence electrons. The van der Waals surface area contributed by atoms with Crippen LogP contribution < -0.4 is 4.74 Å². The highest BCUT2D eigenvalue weighted by atomic mass is 32.2. The van der Waals surface area contributed by atoms with Crippen molar-refractivity contribution in [2.24, 2.45) is 11.3 Å². The third kappa shape index (κ3) is 2.84. The van der Waals surface area contributed by atoms with Crippen molar-refractivity contribution in [3.8, 4) is 6.01 Å². The molecule has 0 aromatic carbocycles. The van der Waals surface area contributed by atoms with Gasteiger partial charge in [-0.15, -0.1) is 0 Å². The van der Waals surface area contributed by atoms with Crippen LogP contribution in [0.1, 0.15) is 31.7 Å². The quantitative estimate of drug-likeness (QED) is 0.822. The number of sulfonamides is 1. The Morgan fingerprint density at radius 3 is 2.82 bits per heavy atom. The van der Waals surface area contributed by atoms with Gasteiger partial charge in [-0.1, -0.05) is 6.42 Å². The molecular formula is C15H23N3O3S. The molecule has 0 amide bonds. The van der Waals surface area contributed by atoms with E-state index in [1.165, 1.54) is 0 Å². The number of aromatic nitrogens is 2. The average Bonchev–Trinajstić information content (AvgIpc) is 3.04.